The van der Waals surface area contributed by atoms with Gasteiger partial charge in [0.25, 0.3) is 0 Å². The highest BCUT2D eigenvalue weighted by Gasteiger charge is 2.34. The van der Waals surface area contributed by atoms with Gasteiger partial charge in [-0.3, -0.25) is 0 Å². The van der Waals surface area contributed by atoms with Crippen LogP contribution in [-0.4, -0.2) is 37.4 Å². The molecule has 1 saturated heterocycles. The van der Waals surface area contributed by atoms with E-state index in [9.17, 15) is 4.79 Å². The Bertz CT molecular complexity index is 235. The highest BCUT2D eigenvalue weighted by molar-refractivity contribution is 5.74. The number of nitrogens with one attached hydrogen (secondary N) is 2. The number of rotatable bonds is 3. The minimum absolute atomic E-state index is 0.0985. The largest absolute Gasteiger partial charge is 0.377 e. The van der Waals surface area contributed by atoms with Crippen molar-refractivity contribution >= 4 is 6.03 Å². The molecular formula is C10H19N3O2. The number of carbonyl (C=O) groups excluding carboxylic acids is 1. The highest BCUT2D eigenvalue weighted by Crippen LogP contribution is 2.17. The summed E-state index contributed by atoms with van der Waals surface area (Å²) in [5.41, 5.74) is 5.55. The van der Waals surface area contributed by atoms with Gasteiger partial charge in [-0.2, -0.15) is 0 Å². The molecule has 1 aliphatic carbocycles. The summed E-state index contributed by atoms with van der Waals surface area (Å²) >= 11 is 0. The Morgan fingerprint density at radius 1 is 1.40 bits per heavy atom. The summed E-state index contributed by atoms with van der Waals surface area (Å²) in [6, 6.07) is 0.259. The molecule has 0 radical (unpaired) electrons. The molecule has 2 amide bonds. The van der Waals surface area contributed by atoms with Crippen LogP contribution in [0, 0.1) is 0 Å². The van der Waals surface area contributed by atoms with Crippen molar-refractivity contribution < 1.29 is 9.53 Å². The molecule has 5 nitrogen and oxygen atoms in total. The fraction of sp³-hybridized carbons (Fsp3) is 0.900. The molecule has 0 aromatic carbocycles. The van der Waals surface area contributed by atoms with Crippen LogP contribution in [0.25, 0.3) is 0 Å². The van der Waals surface area contributed by atoms with Gasteiger partial charge in [0.1, 0.15) is 0 Å². The van der Waals surface area contributed by atoms with E-state index in [1.807, 2.05) is 0 Å². The molecule has 1 saturated carbocycles. The van der Waals surface area contributed by atoms with Gasteiger partial charge >= 0.3 is 6.03 Å². The highest BCUT2D eigenvalue weighted by atomic mass is 16.5. The zero-order chi connectivity index (χ0) is 10.7. The van der Waals surface area contributed by atoms with E-state index in [1.54, 1.807) is 0 Å². The molecule has 86 valence electrons. The lowest BCUT2D eigenvalue weighted by Gasteiger charge is -2.37. The topological polar surface area (TPSA) is 76.4 Å². The van der Waals surface area contributed by atoms with Gasteiger partial charge < -0.3 is 21.1 Å². The molecule has 4 N–H and O–H groups in total. The predicted molar refractivity (Wildman–Crippen MR) is 56.5 cm³/mol. The van der Waals surface area contributed by atoms with Crippen molar-refractivity contribution in [1.29, 1.82) is 0 Å². The Kier molecular flexibility index (Phi) is 3.11. The van der Waals surface area contributed by atoms with Crippen LogP contribution in [0.4, 0.5) is 4.79 Å². The first-order valence-electron chi connectivity index (χ1n) is 5.59. The molecule has 0 aromatic heterocycles. The lowest BCUT2D eigenvalue weighted by Crippen LogP contribution is -2.64. The maximum absolute atomic E-state index is 11.5. The molecule has 2 aliphatic rings. The van der Waals surface area contributed by atoms with Crippen molar-refractivity contribution in [2.45, 2.75) is 37.3 Å². The normalized spacial score (nSPS) is 24.6. The zero-order valence-corrected chi connectivity index (χ0v) is 8.92. The molecule has 1 heterocycles. The van der Waals surface area contributed by atoms with E-state index in [4.69, 9.17) is 10.5 Å². The molecule has 2 rings (SSSR count). The first-order valence-corrected chi connectivity index (χ1v) is 5.59. The van der Waals surface area contributed by atoms with Crippen molar-refractivity contribution in [2.75, 3.05) is 19.8 Å². The predicted octanol–water partition coefficient (Wildman–Crippen LogP) is -0.0441. The van der Waals surface area contributed by atoms with Crippen LogP contribution in [0.15, 0.2) is 0 Å². The van der Waals surface area contributed by atoms with Crippen molar-refractivity contribution in [2.24, 2.45) is 5.73 Å². The Labute approximate surface area is 89.7 Å². The Morgan fingerprint density at radius 3 is 2.60 bits per heavy atom. The summed E-state index contributed by atoms with van der Waals surface area (Å²) in [4.78, 5) is 11.5. The summed E-state index contributed by atoms with van der Waals surface area (Å²) in [7, 11) is 0. The van der Waals surface area contributed by atoms with Gasteiger partial charge in [-0.1, -0.05) is 12.8 Å². The number of hydrogen-bond donors (Lipinski definition) is 3. The third-order valence-corrected chi connectivity index (χ3v) is 3.07. The van der Waals surface area contributed by atoms with Crippen LogP contribution in [0.2, 0.25) is 0 Å². The van der Waals surface area contributed by atoms with Gasteiger partial charge in [0.05, 0.1) is 18.8 Å². The number of nitrogens with two attached hydrogens (primary N) is 1. The van der Waals surface area contributed by atoms with Gasteiger partial charge in [0.2, 0.25) is 0 Å². The minimum Gasteiger partial charge on any atom is -0.377 e. The molecule has 0 spiro atoms. The van der Waals surface area contributed by atoms with Crippen LogP contribution in [0.1, 0.15) is 25.7 Å². The third kappa shape index (κ3) is 2.82. The lowest BCUT2D eigenvalue weighted by molar-refractivity contribution is -0.0508. The molecule has 1 aliphatic heterocycles. The lowest BCUT2D eigenvalue weighted by atomic mass is 9.99. The molecule has 5 heteroatoms. The van der Waals surface area contributed by atoms with Gasteiger partial charge in [0, 0.05) is 12.6 Å². The maximum Gasteiger partial charge on any atom is 0.315 e. The molecular weight excluding hydrogens is 194 g/mol. The summed E-state index contributed by atoms with van der Waals surface area (Å²) < 4.78 is 5.01. The fourth-order valence-electron chi connectivity index (χ4n) is 2.03. The average molecular weight is 213 g/mol. The van der Waals surface area contributed by atoms with Crippen LogP contribution >= 0.6 is 0 Å². The minimum atomic E-state index is -0.340. The Morgan fingerprint density at radius 2 is 2.07 bits per heavy atom. The smallest absolute Gasteiger partial charge is 0.315 e. The van der Waals surface area contributed by atoms with E-state index < -0.39 is 0 Å². The van der Waals surface area contributed by atoms with Crippen LogP contribution in [0.3, 0.4) is 0 Å². The first kappa shape index (κ1) is 10.7. The number of hydrogen-bond acceptors (Lipinski definition) is 3. The third-order valence-electron chi connectivity index (χ3n) is 3.07. The molecule has 0 atom stereocenters. The van der Waals surface area contributed by atoms with Crippen molar-refractivity contribution in [3.63, 3.8) is 0 Å². The second kappa shape index (κ2) is 4.37. The second-order valence-electron chi connectivity index (χ2n) is 4.66. The van der Waals surface area contributed by atoms with Crippen molar-refractivity contribution in [3.05, 3.63) is 0 Å². The number of ether oxygens (including phenoxy) is 1. The van der Waals surface area contributed by atoms with Crippen LogP contribution in [0.5, 0.6) is 0 Å². The van der Waals surface area contributed by atoms with Gasteiger partial charge in [0.15, 0.2) is 0 Å². The summed E-state index contributed by atoms with van der Waals surface area (Å²) in [5, 5.41) is 5.75. The van der Waals surface area contributed by atoms with Gasteiger partial charge in [-0.05, 0) is 12.8 Å². The molecule has 0 aromatic rings. The number of urea groups is 1. The standard InChI is InChI=1S/C10H19N3O2/c11-10(6-15-7-10)5-12-9(14)13-8-3-1-2-4-8/h8H,1-7,11H2,(H2,12,13,14). The zero-order valence-electron chi connectivity index (χ0n) is 8.92. The average Bonchev–Trinajstić information content (AvgIpc) is 2.64. The van der Waals surface area contributed by atoms with Gasteiger partial charge in [-0.15, -0.1) is 0 Å². The first-order chi connectivity index (χ1) is 7.18. The Balaban J connectivity index is 1.63. The van der Waals surface area contributed by atoms with E-state index in [1.165, 1.54) is 12.8 Å². The van der Waals surface area contributed by atoms with E-state index in [0.717, 1.165) is 12.8 Å². The van der Waals surface area contributed by atoms with Crippen molar-refractivity contribution in [3.8, 4) is 0 Å². The molecule has 0 bridgehead atoms. The van der Waals surface area contributed by atoms with Crippen LogP contribution in [-0.2, 0) is 4.74 Å². The van der Waals surface area contributed by atoms with Crippen LogP contribution < -0.4 is 16.4 Å². The quantitative estimate of drug-likeness (QED) is 0.615. The van der Waals surface area contributed by atoms with Crippen molar-refractivity contribution in [1.82, 2.24) is 10.6 Å². The maximum atomic E-state index is 11.5. The van der Waals surface area contributed by atoms with E-state index >= 15 is 0 Å². The summed E-state index contributed by atoms with van der Waals surface area (Å²) in [5.74, 6) is 0. The Hall–Kier alpha value is -0.810. The second-order valence-corrected chi connectivity index (χ2v) is 4.66. The molecule has 0 unspecified atom stereocenters. The SMILES string of the molecule is NC1(CNC(=O)NC2CCCC2)COC1. The monoisotopic (exact) mass is 213 g/mol. The molecule has 2 fully saturated rings. The number of carbonyl (C=O) groups is 1. The number of amides is 2. The van der Waals surface area contributed by atoms with E-state index in [0.29, 0.717) is 25.8 Å². The fourth-order valence-corrected chi connectivity index (χ4v) is 2.03. The molecule has 15 heavy (non-hydrogen) atoms. The summed E-state index contributed by atoms with van der Waals surface area (Å²) in [6.45, 7) is 1.57. The summed E-state index contributed by atoms with van der Waals surface area (Å²) in [6.07, 6.45) is 4.65. The van der Waals surface area contributed by atoms with E-state index in [-0.39, 0.29) is 11.6 Å². The van der Waals surface area contributed by atoms with Gasteiger partial charge in [-0.25, -0.2) is 4.79 Å². The van der Waals surface area contributed by atoms with E-state index in [2.05, 4.69) is 10.6 Å².